The van der Waals surface area contributed by atoms with E-state index >= 15 is 0 Å². The Balaban J connectivity index is 0.00000288. The van der Waals surface area contributed by atoms with Crippen molar-refractivity contribution in [1.29, 1.82) is 0 Å². The SMILES string of the molecule is CCOc1c(Cl)cc(CNC(=O)C2CC(F)(F)CN2)cc1OC.Cl. The molecule has 1 unspecified atom stereocenters. The molecule has 1 amide bonds. The number of carbonyl (C=O) groups excluding carboxylic acids is 1. The molecule has 2 rings (SSSR count). The molecular formula is C15H20Cl2F2N2O3. The van der Waals surface area contributed by atoms with E-state index in [0.717, 1.165) is 0 Å². The highest BCUT2D eigenvalue weighted by Gasteiger charge is 2.42. The van der Waals surface area contributed by atoms with Gasteiger partial charge in [0.2, 0.25) is 5.91 Å². The molecule has 1 fully saturated rings. The average molecular weight is 385 g/mol. The summed E-state index contributed by atoms with van der Waals surface area (Å²) in [6.45, 7) is 1.95. The fourth-order valence-electron chi connectivity index (χ4n) is 2.37. The number of halogens is 4. The first-order valence-corrected chi connectivity index (χ1v) is 7.62. The lowest BCUT2D eigenvalue weighted by Gasteiger charge is -2.15. The van der Waals surface area contributed by atoms with Gasteiger partial charge in [0.05, 0.1) is 31.3 Å². The van der Waals surface area contributed by atoms with Crippen molar-refractivity contribution in [2.75, 3.05) is 20.3 Å². The predicted octanol–water partition coefficient (Wildman–Crippen LogP) is 2.78. The van der Waals surface area contributed by atoms with Crippen molar-refractivity contribution < 1.29 is 23.0 Å². The Labute approximate surface area is 150 Å². The molecule has 24 heavy (non-hydrogen) atoms. The molecule has 1 aliphatic heterocycles. The van der Waals surface area contributed by atoms with E-state index in [4.69, 9.17) is 21.1 Å². The topological polar surface area (TPSA) is 59.6 Å². The summed E-state index contributed by atoms with van der Waals surface area (Å²) in [4.78, 5) is 11.9. The molecule has 0 spiro atoms. The zero-order valence-corrected chi connectivity index (χ0v) is 14.9. The van der Waals surface area contributed by atoms with E-state index in [1.807, 2.05) is 6.92 Å². The highest BCUT2D eigenvalue weighted by atomic mass is 35.5. The Kier molecular flexibility index (Phi) is 7.51. The van der Waals surface area contributed by atoms with Crippen LogP contribution in [0.4, 0.5) is 8.78 Å². The monoisotopic (exact) mass is 384 g/mol. The van der Waals surface area contributed by atoms with Gasteiger partial charge in [-0.05, 0) is 24.6 Å². The lowest BCUT2D eigenvalue weighted by Crippen LogP contribution is -2.40. The molecule has 5 nitrogen and oxygen atoms in total. The second-order valence-corrected chi connectivity index (χ2v) is 5.66. The van der Waals surface area contributed by atoms with Gasteiger partial charge in [-0.3, -0.25) is 10.1 Å². The van der Waals surface area contributed by atoms with E-state index in [2.05, 4.69) is 10.6 Å². The quantitative estimate of drug-likeness (QED) is 0.791. The van der Waals surface area contributed by atoms with E-state index in [9.17, 15) is 13.6 Å². The van der Waals surface area contributed by atoms with Gasteiger partial charge in [0.15, 0.2) is 11.5 Å². The summed E-state index contributed by atoms with van der Waals surface area (Å²) in [6.07, 6.45) is -0.494. The molecule has 1 aromatic rings. The van der Waals surface area contributed by atoms with Crippen LogP contribution < -0.4 is 20.1 Å². The number of alkyl halides is 2. The molecule has 0 bridgehead atoms. The van der Waals surface area contributed by atoms with Gasteiger partial charge >= 0.3 is 0 Å². The minimum atomic E-state index is -2.84. The van der Waals surface area contributed by atoms with Crippen molar-refractivity contribution in [1.82, 2.24) is 10.6 Å². The van der Waals surface area contributed by atoms with Crippen LogP contribution in [0.2, 0.25) is 5.02 Å². The van der Waals surface area contributed by atoms with E-state index in [-0.39, 0.29) is 19.0 Å². The van der Waals surface area contributed by atoms with E-state index in [1.165, 1.54) is 7.11 Å². The van der Waals surface area contributed by atoms with Crippen LogP contribution in [-0.4, -0.2) is 38.1 Å². The third-order valence-corrected chi connectivity index (χ3v) is 3.75. The standard InChI is InChI=1S/C15H19ClF2N2O3.ClH/c1-3-23-13-10(16)4-9(5-12(13)22-2)7-19-14(21)11-6-15(17,18)8-20-11;/h4-5,11,20H,3,6-8H2,1-2H3,(H,19,21);1H. The van der Waals surface area contributed by atoms with Crippen molar-refractivity contribution in [3.63, 3.8) is 0 Å². The average Bonchev–Trinajstić information content (AvgIpc) is 2.87. The fourth-order valence-corrected chi connectivity index (χ4v) is 2.66. The van der Waals surface area contributed by atoms with Crippen molar-refractivity contribution in [2.24, 2.45) is 0 Å². The molecule has 1 aromatic carbocycles. The minimum absolute atomic E-state index is 0. The molecule has 0 saturated carbocycles. The van der Waals surface area contributed by atoms with Crippen LogP contribution in [0.3, 0.4) is 0 Å². The predicted molar refractivity (Wildman–Crippen MR) is 89.6 cm³/mol. The van der Waals surface area contributed by atoms with Gasteiger partial charge in [0.1, 0.15) is 0 Å². The molecular weight excluding hydrogens is 365 g/mol. The van der Waals surface area contributed by atoms with Crippen LogP contribution in [0.25, 0.3) is 0 Å². The number of carbonyl (C=O) groups is 1. The van der Waals surface area contributed by atoms with Crippen LogP contribution >= 0.6 is 24.0 Å². The highest BCUT2D eigenvalue weighted by Crippen LogP contribution is 2.36. The smallest absolute Gasteiger partial charge is 0.262 e. The number of benzene rings is 1. The number of hydrogen-bond acceptors (Lipinski definition) is 4. The van der Waals surface area contributed by atoms with Crippen molar-refractivity contribution in [2.45, 2.75) is 31.9 Å². The highest BCUT2D eigenvalue weighted by molar-refractivity contribution is 6.32. The Morgan fingerprint density at radius 2 is 2.21 bits per heavy atom. The third-order valence-electron chi connectivity index (χ3n) is 3.47. The zero-order chi connectivity index (χ0) is 17.0. The number of methoxy groups -OCH3 is 1. The first-order valence-electron chi connectivity index (χ1n) is 7.24. The van der Waals surface area contributed by atoms with Crippen LogP contribution in [0.1, 0.15) is 18.9 Å². The van der Waals surface area contributed by atoms with Crippen LogP contribution in [0.5, 0.6) is 11.5 Å². The number of nitrogens with one attached hydrogen (secondary N) is 2. The zero-order valence-electron chi connectivity index (χ0n) is 13.3. The van der Waals surface area contributed by atoms with Gasteiger partial charge in [0.25, 0.3) is 5.92 Å². The Hall–Kier alpha value is -1.31. The van der Waals surface area contributed by atoms with Crippen molar-refractivity contribution in [3.8, 4) is 11.5 Å². The summed E-state index contributed by atoms with van der Waals surface area (Å²) in [6, 6.07) is 2.45. The second kappa shape index (κ2) is 8.69. The van der Waals surface area contributed by atoms with E-state index in [0.29, 0.717) is 28.7 Å². The number of ether oxygens (including phenoxy) is 2. The Bertz CT molecular complexity index is 588. The van der Waals surface area contributed by atoms with Gasteiger partial charge < -0.3 is 14.8 Å². The van der Waals surface area contributed by atoms with Crippen LogP contribution in [0.15, 0.2) is 12.1 Å². The molecule has 9 heteroatoms. The summed E-state index contributed by atoms with van der Waals surface area (Å²) in [5.41, 5.74) is 0.688. The summed E-state index contributed by atoms with van der Waals surface area (Å²) >= 11 is 6.14. The van der Waals surface area contributed by atoms with E-state index < -0.39 is 30.8 Å². The lowest BCUT2D eigenvalue weighted by molar-refractivity contribution is -0.123. The summed E-state index contributed by atoms with van der Waals surface area (Å²) in [5, 5.41) is 5.49. The molecule has 0 aromatic heterocycles. The molecule has 1 saturated heterocycles. The maximum absolute atomic E-state index is 13.1. The third kappa shape index (κ3) is 5.09. The molecule has 1 heterocycles. The Morgan fingerprint density at radius 3 is 2.75 bits per heavy atom. The van der Waals surface area contributed by atoms with Crippen molar-refractivity contribution in [3.05, 3.63) is 22.7 Å². The number of amides is 1. The first-order chi connectivity index (χ1) is 10.9. The second-order valence-electron chi connectivity index (χ2n) is 5.25. The number of rotatable bonds is 6. The molecule has 1 aliphatic rings. The van der Waals surface area contributed by atoms with Crippen molar-refractivity contribution >= 4 is 29.9 Å². The number of hydrogen-bond donors (Lipinski definition) is 2. The molecule has 0 aliphatic carbocycles. The minimum Gasteiger partial charge on any atom is -0.493 e. The first kappa shape index (κ1) is 20.7. The molecule has 0 radical (unpaired) electrons. The largest absolute Gasteiger partial charge is 0.493 e. The van der Waals surface area contributed by atoms with Gasteiger partial charge in [-0.25, -0.2) is 8.78 Å². The Morgan fingerprint density at radius 1 is 1.50 bits per heavy atom. The maximum atomic E-state index is 13.1. The summed E-state index contributed by atoms with van der Waals surface area (Å²) in [5.74, 6) is -2.42. The van der Waals surface area contributed by atoms with Gasteiger partial charge in [0, 0.05) is 13.0 Å². The lowest BCUT2D eigenvalue weighted by atomic mass is 10.1. The normalized spacial score (nSPS) is 18.6. The van der Waals surface area contributed by atoms with Crippen LogP contribution in [-0.2, 0) is 11.3 Å². The molecule has 136 valence electrons. The fraction of sp³-hybridized carbons (Fsp3) is 0.533. The molecule has 1 atom stereocenters. The van der Waals surface area contributed by atoms with Gasteiger partial charge in [-0.15, -0.1) is 12.4 Å². The summed E-state index contributed by atoms with van der Waals surface area (Å²) in [7, 11) is 1.49. The van der Waals surface area contributed by atoms with E-state index in [1.54, 1.807) is 12.1 Å². The molecule has 2 N–H and O–H groups in total. The maximum Gasteiger partial charge on any atom is 0.262 e. The van der Waals surface area contributed by atoms with Gasteiger partial charge in [-0.1, -0.05) is 11.6 Å². The van der Waals surface area contributed by atoms with Gasteiger partial charge in [-0.2, -0.15) is 0 Å². The summed E-state index contributed by atoms with van der Waals surface area (Å²) < 4.78 is 36.8. The van der Waals surface area contributed by atoms with Crippen LogP contribution in [0, 0.1) is 0 Å².